The Kier molecular flexibility index (Phi) is 4.64. The lowest BCUT2D eigenvalue weighted by molar-refractivity contribution is 0.499. The summed E-state index contributed by atoms with van der Waals surface area (Å²) in [6, 6.07) is 0. The zero-order valence-electron chi connectivity index (χ0n) is 5.80. The molecule has 0 bridgehead atoms. The van der Waals surface area contributed by atoms with Gasteiger partial charge in [0, 0.05) is 0 Å². The van der Waals surface area contributed by atoms with Crippen LogP contribution >= 0.6 is 24.2 Å². The number of halogens is 1. The summed E-state index contributed by atoms with van der Waals surface area (Å²) in [5.74, 6) is 1.07. The highest BCUT2D eigenvalue weighted by Crippen LogP contribution is 2.15. The van der Waals surface area contributed by atoms with Gasteiger partial charge in [0.05, 0.1) is 0 Å². The third-order valence-electron chi connectivity index (χ3n) is 1.31. The van der Waals surface area contributed by atoms with Crippen LogP contribution in [0.4, 0.5) is 0 Å². The summed E-state index contributed by atoms with van der Waals surface area (Å²) in [5.41, 5.74) is 11.2. The van der Waals surface area contributed by atoms with Gasteiger partial charge in [-0.1, -0.05) is 0 Å². The molecule has 0 saturated carbocycles. The summed E-state index contributed by atoms with van der Waals surface area (Å²) in [5, 5.41) is 2.37. The van der Waals surface area contributed by atoms with E-state index < -0.39 is 5.12 Å². The van der Waals surface area contributed by atoms with Gasteiger partial charge in [-0.2, -0.15) is 0 Å². The predicted octanol–water partition coefficient (Wildman–Crippen LogP) is 0.0535. The van der Waals surface area contributed by atoms with Gasteiger partial charge in [0.2, 0.25) is 0 Å². The Balaban J connectivity index is 0.000000810. The Morgan fingerprint density at radius 2 is 2.00 bits per heavy atom. The molecule has 1 saturated heterocycles. The Morgan fingerprint density at radius 3 is 2.70 bits per heavy atom. The van der Waals surface area contributed by atoms with Gasteiger partial charge >= 0.3 is 0 Å². The standard InChI is InChI=1S/C5H13N3S.ClH/c6-5(7)8-3-1-2-4-9-5;/h8H,1-4,6-7H2;1H. The Labute approximate surface area is 71.7 Å². The molecule has 0 aliphatic carbocycles. The van der Waals surface area contributed by atoms with E-state index in [9.17, 15) is 0 Å². The van der Waals surface area contributed by atoms with Crippen molar-refractivity contribution in [3.63, 3.8) is 0 Å². The van der Waals surface area contributed by atoms with Gasteiger partial charge in [0.15, 0.2) is 5.12 Å². The monoisotopic (exact) mass is 183 g/mol. The van der Waals surface area contributed by atoms with Crippen LogP contribution in [0.1, 0.15) is 12.8 Å². The highest BCUT2D eigenvalue weighted by atomic mass is 35.5. The molecule has 1 aliphatic rings. The molecule has 1 aliphatic heterocycles. The van der Waals surface area contributed by atoms with Crippen molar-refractivity contribution in [1.29, 1.82) is 0 Å². The van der Waals surface area contributed by atoms with Crippen LogP contribution in [0, 0.1) is 0 Å². The maximum Gasteiger partial charge on any atom is 0.168 e. The van der Waals surface area contributed by atoms with Crippen LogP contribution in [0.25, 0.3) is 0 Å². The molecule has 0 aromatic rings. The van der Waals surface area contributed by atoms with E-state index in [0.29, 0.717) is 0 Å². The van der Waals surface area contributed by atoms with Crippen molar-refractivity contribution in [2.75, 3.05) is 12.3 Å². The van der Waals surface area contributed by atoms with E-state index in [1.165, 1.54) is 12.8 Å². The van der Waals surface area contributed by atoms with Gasteiger partial charge in [-0.05, 0) is 25.1 Å². The first kappa shape index (κ1) is 10.5. The average Bonchev–Trinajstić information content (AvgIpc) is 1.92. The molecule has 1 rings (SSSR count). The second-order valence-electron chi connectivity index (χ2n) is 2.28. The molecule has 10 heavy (non-hydrogen) atoms. The summed E-state index contributed by atoms with van der Waals surface area (Å²) < 4.78 is 0. The van der Waals surface area contributed by atoms with Crippen molar-refractivity contribution in [3.8, 4) is 0 Å². The SMILES string of the molecule is Cl.NC1(N)NCCCCS1. The maximum absolute atomic E-state index is 5.61. The Morgan fingerprint density at radius 1 is 1.30 bits per heavy atom. The van der Waals surface area contributed by atoms with Crippen molar-refractivity contribution in [3.05, 3.63) is 0 Å². The highest BCUT2D eigenvalue weighted by molar-refractivity contribution is 8.00. The van der Waals surface area contributed by atoms with E-state index in [2.05, 4.69) is 5.32 Å². The predicted molar refractivity (Wildman–Crippen MR) is 48.0 cm³/mol. The molecule has 5 heteroatoms. The molecule has 62 valence electrons. The van der Waals surface area contributed by atoms with E-state index in [0.717, 1.165) is 12.3 Å². The lowest BCUT2D eigenvalue weighted by Gasteiger charge is -2.21. The van der Waals surface area contributed by atoms with Crippen LogP contribution in [0.15, 0.2) is 0 Å². The van der Waals surface area contributed by atoms with Gasteiger partial charge in [-0.25, -0.2) is 0 Å². The van der Waals surface area contributed by atoms with Gasteiger partial charge < -0.3 is 0 Å². The molecular weight excluding hydrogens is 170 g/mol. The van der Waals surface area contributed by atoms with Crippen molar-refractivity contribution in [2.45, 2.75) is 18.0 Å². The Bertz CT molecular complexity index is 88.9. The molecule has 0 spiro atoms. The largest absolute Gasteiger partial charge is 0.292 e. The molecule has 0 aromatic heterocycles. The first-order valence-corrected chi connectivity index (χ1v) is 4.16. The minimum Gasteiger partial charge on any atom is -0.292 e. The molecule has 0 atom stereocenters. The van der Waals surface area contributed by atoms with Gasteiger partial charge in [0.25, 0.3) is 0 Å². The molecule has 0 amide bonds. The lowest BCUT2D eigenvalue weighted by atomic mass is 10.3. The number of hydrogen-bond acceptors (Lipinski definition) is 4. The third kappa shape index (κ3) is 3.63. The molecule has 1 heterocycles. The minimum absolute atomic E-state index is 0. The van der Waals surface area contributed by atoms with Gasteiger partial charge in [0.1, 0.15) is 0 Å². The molecular formula is C5H14ClN3S. The zero-order chi connectivity index (χ0) is 6.74. The van der Waals surface area contributed by atoms with Crippen LogP contribution < -0.4 is 16.8 Å². The van der Waals surface area contributed by atoms with Crippen molar-refractivity contribution >= 4 is 24.2 Å². The van der Waals surface area contributed by atoms with E-state index in [4.69, 9.17) is 11.5 Å². The number of nitrogens with one attached hydrogen (secondary N) is 1. The van der Waals surface area contributed by atoms with Crippen molar-refractivity contribution < 1.29 is 0 Å². The highest BCUT2D eigenvalue weighted by Gasteiger charge is 2.19. The zero-order valence-corrected chi connectivity index (χ0v) is 7.43. The molecule has 3 nitrogen and oxygen atoms in total. The molecule has 0 unspecified atom stereocenters. The Hall–Kier alpha value is 0.520. The maximum atomic E-state index is 5.61. The van der Waals surface area contributed by atoms with Crippen LogP contribution in [-0.4, -0.2) is 17.4 Å². The van der Waals surface area contributed by atoms with E-state index in [1.54, 1.807) is 11.8 Å². The molecule has 0 aromatic carbocycles. The summed E-state index contributed by atoms with van der Waals surface area (Å²) >= 11 is 1.59. The summed E-state index contributed by atoms with van der Waals surface area (Å²) in [6.07, 6.45) is 2.40. The summed E-state index contributed by atoms with van der Waals surface area (Å²) in [4.78, 5) is 0. The fraction of sp³-hybridized carbons (Fsp3) is 1.00. The minimum atomic E-state index is -0.670. The fourth-order valence-electron chi connectivity index (χ4n) is 0.803. The molecule has 0 radical (unpaired) electrons. The number of hydrogen-bond donors (Lipinski definition) is 3. The van der Waals surface area contributed by atoms with Crippen LogP contribution in [0.3, 0.4) is 0 Å². The topological polar surface area (TPSA) is 64.1 Å². The smallest absolute Gasteiger partial charge is 0.168 e. The normalized spacial score (nSPS) is 24.6. The molecule has 5 N–H and O–H groups in total. The van der Waals surface area contributed by atoms with E-state index >= 15 is 0 Å². The van der Waals surface area contributed by atoms with Crippen molar-refractivity contribution in [2.24, 2.45) is 11.5 Å². The van der Waals surface area contributed by atoms with Crippen LogP contribution in [-0.2, 0) is 0 Å². The van der Waals surface area contributed by atoms with Crippen LogP contribution in [0.2, 0.25) is 0 Å². The average molecular weight is 184 g/mol. The second kappa shape index (κ2) is 4.41. The number of rotatable bonds is 0. The fourth-order valence-corrected chi connectivity index (χ4v) is 1.69. The third-order valence-corrected chi connectivity index (χ3v) is 2.43. The van der Waals surface area contributed by atoms with Gasteiger partial charge in [-0.3, -0.25) is 16.8 Å². The van der Waals surface area contributed by atoms with E-state index in [-0.39, 0.29) is 12.4 Å². The second-order valence-corrected chi connectivity index (χ2v) is 3.65. The first-order chi connectivity index (χ1) is 4.21. The van der Waals surface area contributed by atoms with Gasteiger partial charge in [-0.15, -0.1) is 24.2 Å². The number of thioether (sulfide) groups is 1. The van der Waals surface area contributed by atoms with Crippen molar-refractivity contribution in [1.82, 2.24) is 5.32 Å². The summed E-state index contributed by atoms with van der Waals surface area (Å²) in [6.45, 7) is 0.944. The summed E-state index contributed by atoms with van der Waals surface area (Å²) in [7, 11) is 0. The lowest BCUT2D eigenvalue weighted by Crippen LogP contribution is -2.58. The quantitative estimate of drug-likeness (QED) is 0.465. The van der Waals surface area contributed by atoms with Crippen LogP contribution in [0.5, 0.6) is 0 Å². The number of nitrogens with two attached hydrogens (primary N) is 2. The van der Waals surface area contributed by atoms with E-state index in [1.807, 2.05) is 0 Å². The first-order valence-electron chi connectivity index (χ1n) is 3.17. The molecule has 1 fully saturated rings.